The minimum Gasteiger partial charge on any atom is -0.462 e. The second kappa shape index (κ2) is 69.6. The lowest BCUT2D eigenvalue weighted by Gasteiger charge is -2.18. The molecule has 0 heterocycles. The molecule has 1 atom stereocenters. The molecule has 0 aromatic heterocycles. The molecule has 6 heteroatoms. The molecule has 82 heavy (non-hydrogen) atoms. The van der Waals surface area contributed by atoms with E-state index in [1.54, 1.807) is 0 Å². The van der Waals surface area contributed by atoms with Gasteiger partial charge in [-0.15, -0.1) is 0 Å². The van der Waals surface area contributed by atoms with Crippen molar-refractivity contribution in [1.29, 1.82) is 0 Å². The second-order valence-electron chi connectivity index (χ2n) is 23.0. The van der Waals surface area contributed by atoms with E-state index >= 15 is 0 Å². The molecule has 0 N–H and O–H groups in total. The van der Waals surface area contributed by atoms with Crippen LogP contribution in [-0.2, 0) is 28.6 Å². The standard InChI is InChI=1S/C76H130O6/c1-4-7-10-13-16-19-22-25-28-31-32-33-34-35-36-37-38-39-40-41-42-43-44-46-48-51-54-57-60-63-66-69-75(78)81-72-73(71-80-74(77)68-65-62-59-56-53-50-47-30-27-24-21-18-15-12-9-6-3)82-76(79)70-67-64-61-58-55-52-49-45-29-26-23-20-17-14-11-8-5-2/h7-8,10-11,16-17,19-21,24-26,28-30,32-33,47,73H,4-6,9,12-15,18,22-23,27,31,34-46,48-72H2,1-3H3/b10-7-,11-8-,19-16-,20-17-,24-21-,28-25-,29-26-,33-32-,47-30-. The van der Waals surface area contributed by atoms with Crippen LogP contribution in [0, 0.1) is 0 Å². The monoisotopic (exact) mass is 1140 g/mol. The van der Waals surface area contributed by atoms with Crippen molar-refractivity contribution < 1.29 is 28.6 Å². The Morgan fingerprint density at radius 1 is 0.256 bits per heavy atom. The molecule has 0 amide bonds. The minimum absolute atomic E-state index is 0.0845. The molecule has 0 rings (SSSR count). The molecule has 0 spiro atoms. The summed E-state index contributed by atoms with van der Waals surface area (Å²) in [5, 5.41) is 0. The number of hydrogen-bond donors (Lipinski definition) is 0. The summed E-state index contributed by atoms with van der Waals surface area (Å²) in [6.07, 6.45) is 95.4. The Morgan fingerprint density at radius 2 is 0.476 bits per heavy atom. The molecule has 0 aromatic carbocycles. The van der Waals surface area contributed by atoms with E-state index in [2.05, 4.69) is 130 Å². The lowest BCUT2D eigenvalue weighted by atomic mass is 10.0. The fourth-order valence-corrected chi connectivity index (χ4v) is 9.83. The lowest BCUT2D eigenvalue weighted by Crippen LogP contribution is -2.30. The van der Waals surface area contributed by atoms with Gasteiger partial charge >= 0.3 is 17.9 Å². The van der Waals surface area contributed by atoms with Gasteiger partial charge in [0.1, 0.15) is 13.2 Å². The zero-order valence-corrected chi connectivity index (χ0v) is 54.0. The zero-order chi connectivity index (χ0) is 59.2. The van der Waals surface area contributed by atoms with Gasteiger partial charge in [-0.05, 0) is 122 Å². The first-order chi connectivity index (χ1) is 40.5. The normalized spacial score (nSPS) is 12.8. The van der Waals surface area contributed by atoms with Crippen LogP contribution in [0.2, 0.25) is 0 Å². The van der Waals surface area contributed by atoms with Crippen molar-refractivity contribution in [2.45, 2.75) is 341 Å². The van der Waals surface area contributed by atoms with Crippen LogP contribution in [0.15, 0.2) is 109 Å². The molecule has 0 bridgehead atoms. The largest absolute Gasteiger partial charge is 0.462 e. The number of allylic oxidation sites excluding steroid dienone is 18. The van der Waals surface area contributed by atoms with Crippen molar-refractivity contribution >= 4 is 17.9 Å². The van der Waals surface area contributed by atoms with Crippen LogP contribution < -0.4 is 0 Å². The molecule has 0 saturated carbocycles. The third-order valence-corrected chi connectivity index (χ3v) is 15.0. The minimum atomic E-state index is -0.791. The summed E-state index contributed by atoms with van der Waals surface area (Å²) < 4.78 is 17.0. The Bertz CT molecular complexity index is 1640. The van der Waals surface area contributed by atoms with Crippen molar-refractivity contribution in [3.8, 4) is 0 Å². The van der Waals surface area contributed by atoms with Crippen LogP contribution >= 0.6 is 0 Å². The van der Waals surface area contributed by atoms with Crippen molar-refractivity contribution in [3.63, 3.8) is 0 Å². The number of carbonyl (C=O) groups is 3. The highest BCUT2D eigenvalue weighted by molar-refractivity contribution is 5.71. The maximum absolute atomic E-state index is 12.9. The van der Waals surface area contributed by atoms with Crippen molar-refractivity contribution in [2.24, 2.45) is 0 Å². The summed E-state index contributed by atoms with van der Waals surface area (Å²) in [7, 11) is 0. The number of ether oxygens (including phenoxy) is 3. The SMILES string of the molecule is CC/C=C\C/C=C\C/C=C\C/C=C\CCCCCCCCCCCCCCCCCCCCC(=O)OCC(COC(=O)CCCCCCC/C=C\C/C=C\CCCCCC)OC(=O)CCCCCCCCC/C=C\C/C=C\C/C=C\CC. The van der Waals surface area contributed by atoms with Crippen LogP contribution in [0.5, 0.6) is 0 Å². The van der Waals surface area contributed by atoms with E-state index in [-0.39, 0.29) is 31.1 Å². The second-order valence-corrected chi connectivity index (χ2v) is 23.0. The van der Waals surface area contributed by atoms with Gasteiger partial charge in [-0.2, -0.15) is 0 Å². The summed E-state index contributed by atoms with van der Waals surface area (Å²) >= 11 is 0. The van der Waals surface area contributed by atoms with Gasteiger partial charge in [-0.25, -0.2) is 0 Å². The van der Waals surface area contributed by atoms with E-state index in [0.29, 0.717) is 19.3 Å². The molecule has 6 nitrogen and oxygen atoms in total. The predicted octanol–water partition coefficient (Wildman–Crippen LogP) is 24.2. The molecular weight excluding hydrogens is 1010 g/mol. The predicted molar refractivity (Wildman–Crippen MR) is 357 cm³/mol. The molecular formula is C76H130O6. The maximum Gasteiger partial charge on any atom is 0.306 e. The number of carbonyl (C=O) groups excluding carboxylic acids is 3. The molecule has 0 aliphatic rings. The number of hydrogen-bond acceptors (Lipinski definition) is 6. The van der Waals surface area contributed by atoms with Crippen LogP contribution in [0.25, 0.3) is 0 Å². The van der Waals surface area contributed by atoms with E-state index in [1.165, 1.54) is 167 Å². The first kappa shape index (κ1) is 78.1. The van der Waals surface area contributed by atoms with Gasteiger partial charge in [0.05, 0.1) is 0 Å². The summed E-state index contributed by atoms with van der Waals surface area (Å²) in [6, 6.07) is 0. The van der Waals surface area contributed by atoms with Crippen molar-refractivity contribution in [2.75, 3.05) is 13.2 Å². The smallest absolute Gasteiger partial charge is 0.306 e. The Labute approximate surface area is 508 Å². The number of unbranched alkanes of at least 4 members (excludes halogenated alkanes) is 34. The van der Waals surface area contributed by atoms with Crippen LogP contribution in [0.4, 0.5) is 0 Å². The van der Waals surface area contributed by atoms with Crippen molar-refractivity contribution in [3.05, 3.63) is 109 Å². The van der Waals surface area contributed by atoms with Gasteiger partial charge in [0.2, 0.25) is 0 Å². The molecule has 0 fully saturated rings. The fraction of sp³-hybridized carbons (Fsp3) is 0.724. The van der Waals surface area contributed by atoms with Crippen LogP contribution in [0.3, 0.4) is 0 Å². The molecule has 0 aromatic rings. The van der Waals surface area contributed by atoms with Crippen molar-refractivity contribution in [1.82, 2.24) is 0 Å². The topological polar surface area (TPSA) is 78.9 Å². The van der Waals surface area contributed by atoms with Gasteiger partial charge in [-0.3, -0.25) is 14.4 Å². The third kappa shape index (κ3) is 66.9. The Balaban J connectivity index is 4.25. The average molecular weight is 1140 g/mol. The highest BCUT2D eigenvalue weighted by Gasteiger charge is 2.19. The first-order valence-corrected chi connectivity index (χ1v) is 34.9. The van der Waals surface area contributed by atoms with Gasteiger partial charge < -0.3 is 14.2 Å². The van der Waals surface area contributed by atoms with E-state index in [9.17, 15) is 14.4 Å². The Morgan fingerprint density at radius 3 is 0.744 bits per heavy atom. The van der Waals surface area contributed by atoms with Gasteiger partial charge in [0.25, 0.3) is 0 Å². The van der Waals surface area contributed by atoms with Gasteiger partial charge in [0, 0.05) is 19.3 Å². The first-order valence-electron chi connectivity index (χ1n) is 34.9. The van der Waals surface area contributed by atoms with E-state index in [1.807, 2.05) is 0 Å². The molecule has 0 saturated heterocycles. The van der Waals surface area contributed by atoms with Gasteiger partial charge in [0.15, 0.2) is 6.10 Å². The molecule has 1 unspecified atom stereocenters. The molecule has 0 aliphatic carbocycles. The van der Waals surface area contributed by atoms with Gasteiger partial charge in [-0.1, -0.05) is 304 Å². The Kier molecular flexibility index (Phi) is 66.2. The summed E-state index contributed by atoms with van der Waals surface area (Å²) in [4.78, 5) is 38.4. The third-order valence-electron chi connectivity index (χ3n) is 15.0. The molecule has 470 valence electrons. The molecule has 0 radical (unpaired) electrons. The van der Waals surface area contributed by atoms with Crippen LogP contribution in [-0.4, -0.2) is 37.2 Å². The lowest BCUT2D eigenvalue weighted by molar-refractivity contribution is -0.167. The zero-order valence-electron chi connectivity index (χ0n) is 54.0. The maximum atomic E-state index is 12.9. The van der Waals surface area contributed by atoms with E-state index < -0.39 is 6.10 Å². The van der Waals surface area contributed by atoms with Crippen LogP contribution in [0.1, 0.15) is 335 Å². The fourth-order valence-electron chi connectivity index (χ4n) is 9.83. The summed E-state index contributed by atoms with van der Waals surface area (Å²) in [5.74, 6) is -0.895. The number of rotatable bonds is 63. The Hall–Kier alpha value is -3.93. The molecule has 0 aliphatic heterocycles. The quantitative estimate of drug-likeness (QED) is 0.0261. The highest BCUT2D eigenvalue weighted by Crippen LogP contribution is 2.17. The van der Waals surface area contributed by atoms with E-state index in [4.69, 9.17) is 14.2 Å². The summed E-state index contributed by atoms with van der Waals surface area (Å²) in [5.41, 5.74) is 0. The van der Waals surface area contributed by atoms with E-state index in [0.717, 1.165) is 128 Å². The number of esters is 3. The summed E-state index contributed by atoms with van der Waals surface area (Å²) in [6.45, 7) is 6.41. The highest BCUT2D eigenvalue weighted by atomic mass is 16.6. The average Bonchev–Trinajstić information content (AvgIpc) is 3.48.